The molecule has 0 spiro atoms. The van der Waals surface area contributed by atoms with Crippen LogP contribution in [0.2, 0.25) is 0 Å². The first-order valence-electron chi connectivity index (χ1n) is 6.57. The Morgan fingerprint density at radius 3 is 2.39 bits per heavy atom. The van der Waals surface area contributed by atoms with Crippen LogP contribution in [0.4, 0.5) is 0 Å². The molecule has 1 N–H and O–H groups in total. The Morgan fingerprint density at radius 2 is 1.83 bits per heavy atom. The summed E-state index contributed by atoms with van der Waals surface area (Å²) >= 11 is 1.91. The van der Waals surface area contributed by atoms with E-state index in [2.05, 4.69) is 30.6 Å². The zero-order valence-corrected chi connectivity index (χ0v) is 12.7. The third-order valence-electron chi connectivity index (χ3n) is 2.57. The molecule has 102 valence electrons. The second kappa shape index (κ2) is 8.44. The topological polar surface area (TPSA) is 21.3 Å². The van der Waals surface area contributed by atoms with Crippen LogP contribution in [0, 0.1) is 5.92 Å². The third kappa shape index (κ3) is 6.31. The van der Waals surface area contributed by atoms with Crippen molar-refractivity contribution in [2.45, 2.75) is 33.4 Å². The van der Waals surface area contributed by atoms with E-state index in [9.17, 15) is 0 Å². The molecular weight excluding hydrogens is 242 g/mol. The molecule has 1 aromatic carbocycles. The summed E-state index contributed by atoms with van der Waals surface area (Å²) in [4.78, 5) is 0. The molecule has 0 aliphatic rings. The molecule has 0 heterocycles. The number of hydrogen-bond acceptors (Lipinski definition) is 3. The number of nitrogens with one attached hydrogen (secondary N) is 1. The SMILES string of the molecule is CSCC(C)CNCc1ccc(OC(C)C)cc1. The Balaban J connectivity index is 2.30. The predicted octanol–water partition coefficient (Wildman–Crippen LogP) is 3.56. The number of hydrogen-bond donors (Lipinski definition) is 1. The van der Waals surface area contributed by atoms with E-state index < -0.39 is 0 Å². The van der Waals surface area contributed by atoms with E-state index in [0.29, 0.717) is 0 Å². The summed E-state index contributed by atoms with van der Waals surface area (Å²) in [7, 11) is 0. The number of benzene rings is 1. The first-order valence-corrected chi connectivity index (χ1v) is 7.96. The summed E-state index contributed by atoms with van der Waals surface area (Å²) in [5, 5.41) is 3.49. The monoisotopic (exact) mass is 267 g/mol. The van der Waals surface area contributed by atoms with Crippen molar-refractivity contribution in [1.82, 2.24) is 5.32 Å². The maximum absolute atomic E-state index is 5.62. The highest BCUT2D eigenvalue weighted by molar-refractivity contribution is 7.98. The van der Waals surface area contributed by atoms with Crippen LogP contribution in [-0.2, 0) is 6.54 Å². The van der Waals surface area contributed by atoms with Crippen LogP contribution in [0.15, 0.2) is 24.3 Å². The molecule has 1 aromatic rings. The summed E-state index contributed by atoms with van der Waals surface area (Å²) in [6.07, 6.45) is 2.39. The fourth-order valence-corrected chi connectivity index (χ4v) is 2.45. The number of rotatable bonds is 8. The highest BCUT2D eigenvalue weighted by Gasteiger charge is 2.01. The third-order valence-corrected chi connectivity index (χ3v) is 3.47. The molecule has 1 atom stereocenters. The molecule has 0 saturated heterocycles. The fourth-order valence-electron chi connectivity index (χ4n) is 1.76. The van der Waals surface area contributed by atoms with Crippen molar-refractivity contribution in [2.75, 3.05) is 18.6 Å². The minimum Gasteiger partial charge on any atom is -0.491 e. The van der Waals surface area contributed by atoms with Crippen molar-refractivity contribution in [3.8, 4) is 5.75 Å². The standard InChI is InChI=1S/C15H25NOS/c1-12(2)17-15-7-5-14(6-8-15)10-16-9-13(3)11-18-4/h5-8,12-13,16H,9-11H2,1-4H3. The molecule has 0 aliphatic heterocycles. The zero-order chi connectivity index (χ0) is 13.4. The molecule has 0 aliphatic carbocycles. The van der Waals surface area contributed by atoms with Gasteiger partial charge in [0.1, 0.15) is 5.75 Å². The summed E-state index contributed by atoms with van der Waals surface area (Å²) in [5.74, 6) is 2.89. The van der Waals surface area contributed by atoms with E-state index in [-0.39, 0.29) is 6.10 Å². The molecule has 1 rings (SSSR count). The Kier molecular flexibility index (Phi) is 7.21. The van der Waals surface area contributed by atoms with Gasteiger partial charge in [-0.05, 0) is 56.0 Å². The van der Waals surface area contributed by atoms with Gasteiger partial charge in [-0.25, -0.2) is 0 Å². The van der Waals surface area contributed by atoms with Gasteiger partial charge in [-0.2, -0.15) is 11.8 Å². The lowest BCUT2D eigenvalue weighted by Gasteiger charge is -2.12. The maximum atomic E-state index is 5.62. The molecule has 0 saturated carbocycles. The van der Waals surface area contributed by atoms with E-state index in [1.54, 1.807) is 0 Å². The highest BCUT2D eigenvalue weighted by atomic mass is 32.2. The largest absolute Gasteiger partial charge is 0.491 e. The zero-order valence-electron chi connectivity index (χ0n) is 11.9. The Bertz CT molecular complexity index is 324. The molecule has 1 unspecified atom stereocenters. The van der Waals surface area contributed by atoms with Crippen molar-refractivity contribution >= 4 is 11.8 Å². The van der Waals surface area contributed by atoms with Crippen LogP contribution < -0.4 is 10.1 Å². The summed E-state index contributed by atoms with van der Waals surface area (Å²) in [6, 6.07) is 8.35. The minimum absolute atomic E-state index is 0.237. The molecule has 0 bridgehead atoms. The first-order chi connectivity index (χ1) is 8.61. The highest BCUT2D eigenvalue weighted by Crippen LogP contribution is 2.13. The molecular formula is C15H25NOS. The van der Waals surface area contributed by atoms with Gasteiger partial charge in [0.25, 0.3) is 0 Å². The van der Waals surface area contributed by atoms with Gasteiger partial charge in [0.15, 0.2) is 0 Å². The van der Waals surface area contributed by atoms with E-state index in [1.807, 2.05) is 37.7 Å². The summed E-state index contributed by atoms with van der Waals surface area (Å²) in [6.45, 7) is 8.38. The van der Waals surface area contributed by atoms with Crippen LogP contribution in [0.25, 0.3) is 0 Å². The van der Waals surface area contributed by atoms with Gasteiger partial charge >= 0.3 is 0 Å². The van der Waals surface area contributed by atoms with Crippen LogP contribution in [0.3, 0.4) is 0 Å². The average molecular weight is 267 g/mol. The lowest BCUT2D eigenvalue weighted by Crippen LogP contribution is -2.21. The lowest BCUT2D eigenvalue weighted by atomic mass is 10.2. The van der Waals surface area contributed by atoms with Gasteiger partial charge in [0.2, 0.25) is 0 Å². The van der Waals surface area contributed by atoms with E-state index in [4.69, 9.17) is 4.74 Å². The van der Waals surface area contributed by atoms with E-state index in [1.165, 1.54) is 11.3 Å². The first kappa shape index (κ1) is 15.4. The lowest BCUT2D eigenvalue weighted by molar-refractivity contribution is 0.242. The molecule has 2 nitrogen and oxygen atoms in total. The van der Waals surface area contributed by atoms with Gasteiger partial charge in [-0.3, -0.25) is 0 Å². The fraction of sp³-hybridized carbons (Fsp3) is 0.600. The number of thioether (sulfide) groups is 1. The molecule has 0 fully saturated rings. The van der Waals surface area contributed by atoms with Gasteiger partial charge < -0.3 is 10.1 Å². The van der Waals surface area contributed by atoms with Gasteiger partial charge in [0, 0.05) is 6.54 Å². The van der Waals surface area contributed by atoms with Crippen LogP contribution in [0.5, 0.6) is 5.75 Å². The van der Waals surface area contributed by atoms with Crippen molar-refractivity contribution in [2.24, 2.45) is 5.92 Å². The molecule has 0 radical (unpaired) electrons. The van der Waals surface area contributed by atoms with Crippen molar-refractivity contribution in [1.29, 1.82) is 0 Å². The number of ether oxygens (including phenoxy) is 1. The van der Waals surface area contributed by atoms with E-state index >= 15 is 0 Å². The molecule has 0 aromatic heterocycles. The molecule has 0 amide bonds. The van der Waals surface area contributed by atoms with Crippen molar-refractivity contribution in [3.63, 3.8) is 0 Å². The Hall–Kier alpha value is -0.670. The predicted molar refractivity (Wildman–Crippen MR) is 81.5 cm³/mol. The summed E-state index contributed by atoms with van der Waals surface area (Å²) in [5.41, 5.74) is 1.31. The maximum Gasteiger partial charge on any atom is 0.119 e. The normalized spacial score (nSPS) is 12.7. The summed E-state index contributed by atoms with van der Waals surface area (Å²) < 4.78 is 5.62. The minimum atomic E-state index is 0.237. The van der Waals surface area contributed by atoms with Crippen molar-refractivity contribution in [3.05, 3.63) is 29.8 Å². The Labute approximate surface area is 116 Å². The second-order valence-corrected chi connectivity index (χ2v) is 5.91. The van der Waals surface area contributed by atoms with Crippen LogP contribution in [-0.4, -0.2) is 24.7 Å². The average Bonchev–Trinajstić information content (AvgIpc) is 2.31. The van der Waals surface area contributed by atoms with Gasteiger partial charge in [0.05, 0.1) is 6.10 Å². The molecule has 3 heteroatoms. The Morgan fingerprint density at radius 1 is 1.17 bits per heavy atom. The van der Waals surface area contributed by atoms with Crippen LogP contribution >= 0.6 is 11.8 Å². The second-order valence-electron chi connectivity index (χ2n) is 5.00. The van der Waals surface area contributed by atoms with Gasteiger partial charge in [-0.1, -0.05) is 19.1 Å². The van der Waals surface area contributed by atoms with E-state index in [0.717, 1.165) is 24.8 Å². The van der Waals surface area contributed by atoms with Gasteiger partial charge in [-0.15, -0.1) is 0 Å². The van der Waals surface area contributed by atoms with Crippen LogP contribution in [0.1, 0.15) is 26.3 Å². The van der Waals surface area contributed by atoms with Crippen molar-refractivity contribution < 1.29 is 4.74 Å². The smallest absolute Gasteiger partial charge is 0.119 e. The molecule has 18 heavy (non-hydrogen) atoms. The quantitative estimate of drug-likeness (QED) is 0.778.